The zero-order valence-electron chi connectivity index (χ0n) is 28.7. The number of pyridine rings is 1. The Hall–Kier alpha value is -4.35. The van der Waals surface area contributed by atoms with Crippen LogP contribution in [0.15, 0.2) is 29.2 Å². The van der Waals surface area contributed by atoms with Gasteiger partial charge in [0, 0.05) is 36.5 Å². The van der Waals surface area contributed by atoms with Crippen LogP contribution in [-0.4, -0.2) is 86.8 Å². The summed E-state index contributed by atoms with van der Waals surface area (Å²) in [6.45, 7) is 13.2. The number of hydrogen-bond acceptors (Lipinski definition) is 8. The van der Waals surface area contributed by atoms with E-state index >= 15 is 0 Å². The maximum absolute atomic E-state index is 13.4. The van der Waals surface area contributed by atoms with Crippen molar-refractivity contribution in [2.45, 2.75) is 84.6 Å². The number of imidazole rings is 1. The first-order chi connectivity index (χ1) is 22.9. The second kappa shape index (κ2) is 12.3. The number of amides is 1. The molecule has 0 spiro atoms. The fourth-order valence-electron chi connectivity index (χ4n) is 7.45. The van der Waals surface area contributed by atoms with Gasteiger partial charge in [-0.2, -0.15) is 0 Å². The first kappa shape index (κ1) is 32.2. The highest BCUT2D eigenvalue weighted by atomic mass is 16.5. The Kier molecular flexibility index (Phi) is 8.23. The summed E-state index contributed by atoms with van der Waals surface area (Å²) in [6.07, 6.45) is 4.52. The van der Waals surface area contributed by atoms with Gasteiger partial charge < -0.3 is 39.7 Å². The van der Waals surface area contributed by atoms with Crippen molar-refractivity contribution in [3.8, 4) is 22.9 Å². The SMILES string of the molecule is Cc1c(C)c2c(c(C)c1OCC(O)CNc1cc[nH]c(=O)c1-c1nc3cc4c(cc3[nH]1)CN(C1CCN(C)CC1)C4=O)CCC(C)(C)O2. The second-order valence-electron chi connectivity index (χ2n) is 14.4. The Morgan fingerprint density at radius 2 is 1.92 bits per heavy atom. The van der Waals surface area contributed by atoms with Crippen molar-refractivity contribution >= 4 is 22.6 Å². The molecule has 1 unspecified atom stereocenters. The maximum atomic E-state index is 13.4. The van der Waals surface area contributed by atoms with E-state index < -0.39 is 6.10 Å². The number of hydrogen-bond donors (Lipinski definition) is 4. The maximum Gasteiger partial charge on any atom is 0.261 e. The van der Waals surface area contributed by atoms with Crippen molar-refractivity contribution in [1.29, 1.82) is 0 Å². The lowest BCUT2D eigenvalue weighted by Gasteiger charge is -2.35. The average molecular weight is 655 g/mol. The molecule has 1 atom stereocenters. The number of fused-ring (bicyclic) bond motifs is 3. The highest BCUT2D eigenvalue weighted by Crippen LogP contribution is 2.43. The van der Waals surface area contributed by atoms with Crippen LogP contribution in [0.4, 0.5) is 5.69 Å². The third-order valence-corrected chi connectivity index (χ3v) is 10.5. The summed E-state index contributed by atoms with van der Waals surface area (Å²) >= 11 is 0. The molecular formula is C37H46N6O5. The number of aromatic amines is 2. The smallest absolute Gasteiger partial charge is 0.261 e. The lowest BCUT2D eigenvalue weighted by atomic mass is 9.88. The number of aliphatic hydroxyl groups excluding tert-OH is 1. The number of carbonyl (C=O) groups is 1. The largest absolute Gasteiger partial charge is 0.490 e. The van der Waals surface area contributed by atoms with Crippen LogP contribution in [0.2, 0.25) is 0 Å². The molecule has 1 amide bonds. The number of carbonyl (C=O) groups excluding carboxylic acids is 1. The summed E-state index contributed by atoms with van der Waals surface area (Å²) in [7, 11) is 2.12. The number of likely N-dealkylation sites (tertiary alicyclic amines) is 1. The number of nitrogens with zero attached hydrogens (tertiary/aromatic N) is 3. The van der Waals surface area contributed by atoms with E-state index in [2.05, 4.69) is 54.9 Å². The molecule has 2 aromatic heterocycles. The number of ether oxygens (including phenoxy) is 2. The predicted molar refractivity (Wildman–Crippen MR) is 186 cm³/mol. The van der Waals surface area contributed by atoms with E-state index in [1.165, 1.54) is 5.56 Å². The average Bonchev–Trinajstić information content (AvgIpc) is 3.61. The molecule has 0 radical (unpaired) electrons. The molecule has 3 aliphatic heterocycles. The minimum absolute atomic E-state index is 0.0512. The second-order valence-corrected chi connectivity index (χ2v) is 14.4. The van der Waals surface area contributed by atoms with Crippen molar-refractivity contribution in [2.75, 3.05) is 38.6 Å². The summed E-state index contributed by atoms with van der Waals surface area (Å²) in [5.41, 5.74) is 7.69. The van der Waals surface area contributed by atoms with Gasteiger partial charge in [-0.3, -0.25) is 9.59 Å². The van der Waals surface area contributed by atoms with E-state index in [1.54, 1.807) is 12.3 Å². The molecule has 7 rings (SSSR count). The zero-order valence-corrected chi connectivity index (χ0v) is 28.7. The Morgan fingerprint density at radius 1 is 1.15 bits per heavy atom. The molecule has 4 aromatic rings. The monoisotopic (exact) mass is 654 g/mol. The van der Waals surface area contributed by atoms with Gasteiger partial charge in [0.05, 0.1) is 16.7 Å². The summed E-state index contributed by atoms with van der Waals surface area (Å²) < 4.78 is 12.6. The van der Waals surface area contributed by atoms with Gasteiger partial charge in [-0.1, -0.05) is 0 Å². The van der Waals surface area contributed by atoms with Crippen molar-refractivity contribution in [1.82, 2.24) is 24.8 Å². The minimum atomic E-state index is -0.848. The number of benzene rings is 2. The van der Waals surface area contributed by atoms with E-state index in [1.807, 2.05) is 24.0 Å². The summed E-state index contributed by atoms with van der Waals surface area (Å²) in [5.74, 6) is 2.18. The number of aliphatic hydroxyl groups is 1. The first-order valence-electron chi connectivity index (χ1n) is 17.0. The topological polar surface area (TPSA) is 136 Å². The number of rotatable bonds is 8. The number of nitrogens with one attached hydrogen (secondary N) is 3. The normalized spacial score (nSPS) is 18.5. The molecule has 11 heteroatoms. The van der Waals surface area contributed by atoms with E-state index in [9.17, 15) is 14.7 Å². The third kappa shape index (κ3) is 5.83. The lowest BCUT2D eigenvalue weighted by molar-refractivity contribution is 0.0617. The first-order valence-corrected chi connectivity index (χ1v) is 17.0. The molecule has 0 bridgehead atoms. The molecular weight excluding hydrogens is 608 g/mol. The number of H-pyrrole nitrogens is 2. The fourth-order valence-corrected chi connectivity index (χ4v) is 7.45. The molecule has 3 aliphatic rings. The van der Waals surface area contributed by atoms with E-state index in [0.29, 0.717) is 34.7 Å². The van der Waals surface area contributed by atoms with Crippen molar-refractivity contribution in [3.05, 3.63) is 68.1 Å². The highest BCUT2D eigenvalue weighted by Gasteiger charge is 2.35. The van der Waals surface area contributed by atoms with E-state index in [4.69, 9.17) is 14.5 Å². The van der Waals surface area contributed by atoms with Crippen LogP contribution >= 0.6 is 0 Å². The molecule has 254 valence electrons. The summed E-state index contributed by atoms with van der Waals surface area (Å²) in [6, 6.07) is 5.83. The molecule has 11 nitrogen and oxygen atoms in total. The van der Waals surface area contributed by atoms with Crippen molar-refractivity contribution in [2.24, 2.45) is 0 Å². The van der Waals surface area contributed by atoms with Crippen molar-refractivity contribution in [3.63, 3.8) is 0 Å². The summed E-state index contributed by atoms with van der Waals surface area (Å²) in [4.78, 5) is 41.6. The Balaban J connectivity index is 1.05. The third-order valence-electron chi connectivity index (χ3n) is 10.5. The van der Waals surface area contributed by atoms with Gasteiger partial charge in [-0.25, -0.2) is 4.98 Å². The molecule has 5 heterocycles. The standard InChI is InChI=1S/C37H46N6O5/c1-20-21(2)33-26(7-11-37(4,5)48-33)22(3)32(20)47-19-25(44)17-39-28-8-12-38-35(45)31(28)34-40-29-15-23-18-43(24-9-13-42(6)14-10-24)36(46)27(23)16-30(29)41-34/h8,12,15-16,24-25,44H,7,9-11,13-14,17-19H2,1-6H3,(H,40,41)(H2,38,39,45). The Labute approximate surface area is 280 Å². The van der Waals surface area contributed by atoms with Gasteiger partial charge in [0.25, 0.3) is 11.5 Å². The van der Waals surface area contributed by atoms with Crippen molar-refractivity contribution < 1.29 is 19.4 Å². The van der Waals surface area contributed by atoms with E-state index in [-0.39, 0.29) is 36.3 Å². The molecule has 0 saturated carbocycles. The van der Waals surface area contributed by atoms with Crippen LogP contribution in [0.5, 0.6) is 11.5 Å². The Bertz CT molecular complexity index is 1950. The fraction of sp³-hybridized carbons (Fsp3) is 0.486. The number of anilines is 1. The van der Waals surface area contributed by atoms with Gasteiger partial charge in [0.1, 0.15) is 41.2 Å². The lowest BCUT2D eigenvalue weighted by Crippen LogP contribution is -2.43. The molecule has 4 N–H and O–H groups in total. The number of aromatic nitrogens is 3. The van der Waals surface area contributed by atoms with E-state index in [0.717, 1.165) is 78.0 Å². The molecule has 1 fully saturated rings. The van der Waals surface area contributed by atoms with Crippen LogP contribution in [0.3, 0.4) is 0 Å². The van der Waals surface area contributed by atoms with Crippen LogP contribution < -0.4 is 20.3 Å². The molecule has 48 heavy (non-hydrogen) atoms. The minimum Gasteiger partial charge on any atom is -0.490 e. The highest BCUT2D eigenvalue weighted by molar-refractivity contribution is 6.02. The van der Waals surface area contributed by atoms with Gasteiger partial charge in [-0.05, 0) is 121 Å². The van der Waals surface area contributed by atoms with Crippen LogP contribution in [-0.2, 0) is 13.0 Å². The molecule has 1 saturated heterocycles. The molecule has 2 aromatic carbocycles. The molecule has 0 aliphatic carbocycles. The van der Waals surface area contributed by atoms with Crippen LogP contribution in [0.1, 0.15) is 71.3 Å². The zero-order chi connectivity index (χ0) is 33.9. The van der Waals surface area contributed by atoms with Gasteiger partial charge in [-0.15, -0.1) is 0 Å². The predicted octanol–water partition coefficient (Wildman–Crippen LogP) is 4.85. The van der Waals surface area contributed by atoms with Gasteiger partial charge >= 0.3 is 0 Å². The van der Waals surface area contributed by atoms with Gasteiger partial charge in [0.2, 0.25) is 0 Å². The summed E-state index contributed by atoms with van der Waals surface area (Å²) in [5, 5.41) is 14.2. The Morgan fingerprint density at radius 3 is 2.69 bits per heavy atom. The van der Waals surface area contributed by atoms with Crippen LogP contribution in [0, 0.1) is 20.8 Å². The quantitative estimate of drug-likeness (QED) is 0.212. The van der Waals surface area contributed by atoms with Gasteiger partial charge in [0.15, 0.2) is 0 Å². The number of piperidine rings is 1. The van der Waals surface area contributed by atoms with Crippen LogP contribution in [0.25, 0.3) is 22.4 Å².